The third-order valence-electron chi connectivity index (χ3n) is 2.42. The van der Waals surface area contributed by atoms with Crippen LogP contribution in [0.25, 0.3) is 11.2 Å². The van der Waals surface area contributed by atoms with Crippen LogP contribution >= 0.6 is 0 Å². The average molecular weight is 256 g/mol. The first-order chi connectivity index (χ1) is 8.25. The Morgan fingerprint density at radius 1 is 1.22 bits per heavy atom. The van der Waals surface area contributed by atoms with Crippen LogP contribution in [-0.4, -0.2) is 35.7 Å². The second-order valence-corrected chi connectivity index (χ2v) is 3.73. The topological polar surface area (TPSA) is 161 Å². The molecule has 0 aliphatic rings. The fourth-order valence-electron chi connectivity index (χ4n) is 1.50. The number of aromatic amines is 3. The lowest BCUT2D eigenvalue weighted by atomic mass is 10.2. The molecule has 2 heterocycles. The summed E-state index contributed by atoms with van der Waals surface area (Å²) in [5, 5.41) is 18.4. The first-order valence-corrected chi connectivity index (χ1v) is 4.68. The van der Waals surface area contributed by atoms with Crippen LogP contribution < -0.4 is 16.9 Å². The number of hydrogen-bond donors (Lipinski definition) is 5. The summed E-state index contributed by atoms with van der Waals surface area (Å²) in [5.74, 6) is -1.78. The standard InChI is InChI=1S/C8H8N4O6/c1-8(18,5(14)15)12-4(13)2-3(11-7(12)17)10-6(16)9-2/h18H,1H3,(H,11,17)(H,14,15)(H2,9,10,16). The molecule has 0 radical (unpaired) electrons. The summed E-state index contributed by atoms with van der Waals surface area (Å²) in [6, 6.07) is 0. The lowest BCUT2D eigenvalue weighted by molar-refractivity contribution is -0.168. The molecule has 0 aliphatic carbocycles. The molecule has 2 aromatic rings. The van der Waals surface area contributed by atoms with Crippen LogP contribution in [0, 0.1) is 0 Å². The minimum absolute atomic E-state index is 0.0987. The fourth-order valence-corrected chi connectivity index (χ4v) is 1.50. The molecule has 2 rings (SSSR count). The van der Waals surface area contributed by atoms with Gasteiger partial charge in [-0.2, -0.15) is 0 Å². The molecule has 0 aliphatic heterocycles. The molecule has 1 atom stereocenters. The Balaban J connectivity index is 2.97. The van der Waals surface area contributed by atoms with E-state index in [2.05, 4.69) is 15.0 Å². The maximum absolute atomic E-state index is 11.8. The molecule has 0 fully saturated rings. The minimum Gasteiger partial charge on any atom is -0.478 e. The predicted octanol–water partition coefficient (Wildman–Crippen LogP) is -2.54. The van der Waals surface area contributed by atoms with Gasteiger partial charge in [-0.25, -0.2) is 19.0 Å². The summed E-state index contributed by atoms with van der Waals surface area (Å²) in [7, 11) is 0. The maximum Gasteiger partial charge on any atom is 0.357 e. The molecule has 0 saturated heterocycles. The van der Waals surface area contributed by atoms with Gasteiger partial charge in [0.2, 0.25) is 5.72 Å². The highest BCUT2D eigenvalue weighted by molar-refractivity contribution is 5.75. The van der Waals surface area contributed by atoms with Crippen molar-refractivity contribution in [1.29, 1.82) is 0 Å². The Morgan fingerprint density at radius 2 is 1.83 bits per heavy atom. The van der Waals surface area contributed by atoms with Crippen LogP contribution in [-0.2, 0) is 10.5 Å². The molecular weight excluding hydrogens is 248 g/mol. The fraction of sp³-hybridized carbons (Fsp3) is 0.250. The van der Waals surface area contributed by atoms with Crippen molar-refractivity contribution < 1.29 is 15.0 Å². The SMILES string of the molecule is CC(O)(C(=O)O)n1c(=O)[nH]c2[nH]c(=O)[nH]c2c1=O. The van der Waals surface area contributed by atoms with Crippen molar-refractivity contribution in [2.75, 3.05) is 0 Å². The second kappa shape index (κ2) is 3.43. The summed E-state index contributed by atoms with van der Waals surface area (Å²) >= 11 is 0. The zero-order valence-electron chi connectivity index (χ0n) is 8.97. The van der Waals surface area contributed by atoms with E-state index >= 15 is 0 Å². The third-order valence-corrected chi connectivity index (χ3v) is 2.42. The van der Waals surface area contributed by atoms with Crippen LogP contribution in [0.3, 0.4) is 0 Å². The van der Waals surface area contributed by atoms with E-state index in [0.29, 0.717) is 0 Å². The predicted molar refractivity (Wildman–Crippen MR) is 57.3 cm³/mol. The van der Waals surface area contributed by atoms with Gasteiger partial charge >= 0.3 is 17.3 Å². The van der Waals surface area contributed by atoms with Gasteiger partial charge in [-0.15, -0.1) is 0 Å². The highest BCUT2D eigenvalue weighted by atomic mass is 16.4. The molecular formula is C8H8N4O6. The van der Waals surface area contributed by atoms with Crippen LogP contribution in [0.1, 0.15) is 6.92 Å². The Hall–Kier alpha value is -2.62. The Morgan fingerprint density at radius 3 is 2.39 bits per heavy atom. The number of hydrogen-bond acceptors (Lipinski definition) is 5. The van der Waals surface area contributed by atoms with Gasteiger partial charge in [0.05, 0.1) is 0 Å². The Labute approximate surface area is 96.5 Å². The first-order valence-electron chi connectivity index (χ1n) is 4.68. The summed E-state index contributed by atoms with van der Waals surface area (Å²) in [5.41, 5.74) is -6.26. The molecule has 0 spiro atoms. The van der Waals surface area contributed by atoms with Crippen molar-refractivity contribution >= 4 is 17.1 Å². The summed E-state index contributed by atoms with van der Waals surface area (Å²) in [6.45, 7) is 0.766. The molecule has 2 aromatic heterocycles. The van der Waals surface area contributed by atoms with E-state index in [1.807, 2.05) is 0 Å². The van der Waals surface area contributed by atoms with Gasteiger partial charge in [0.25, 0.3) is 5.56 Å². The van der Waals surface area contributed by atoms with E-state index in [1.54, 1.807) is 0 Å². The average Bonchev–Trinajstić information content (AvgIpc) is 2.58. The summed E-state index contributed by atoms with van der Waals surface area (Å²) in [6.07, 6.45) is 0. The van der Waals surface area contributed by atoms with Gasteiger partial charge < -0.3 is 10.2 Å². The van der Waals surface area contributed by atoms with Crippen molar-refractivity contribution in [3.63, 3.8) is 0 Å². The number of nitrogens with one attached hydrogen (secondary N) is 3. The van der Waals surface area contributed by atoms with Crippen LogP contribution in [0.15, 0.2) is 14.4 Å². The van der Waals surface area contributed by atoms with Gasteiger partial charge in [-0.1, -0.05) is 0 Å². The quantitative estimate of drug-likeness (QED) is 0.397. The number of imidazole rings is 1. The Bertz CT molecular complexity index is 803. The highest BCUT2D eigenvalue weighted by Gasteiger charge is 2.36. The largest absolute Gasteiger partial charge is 0.478 e. The smallest absolute Gasteiger partial charge is 0.357 e. The van der Waals surface area contributed by atoms with Crippen LogP contribution in [0.2, 0.25) is 0 Å². The number of aliphatic hydroxyl groups is 1. The van der Waals surface area contributed by atoms with Crippen molar-refractivity contribution in [1.82, 2.24) is 19.5 Å². The number of fused-ring (bicyclic) bond motifs is 1. The van der Waals surface area contributed by atoms with Crippen LogP contribution in [0.4, 0.5) is 0 Å². The van der Waals surface area contributed by atoms with Crippen molar-refractivity contribution in [2.24, 2.45) is 0 Å². The zero-order valence-corrected chi connectivity index (χ0v) is 8.97. The first kappa shape index (κ1) is 11.9. The Kier molecular flexibility index (Phi) is 2.26. The van der Waals surface area contributed by atoms with E-state index < -0.39 is 28.6 Å². The number of carboxylic acids is 1. The number of nitrogens with zero attached hydrogens (tertiary/aromatic N) is 1. The number of H-pyrrole nitrogens is 3. The van der Waals surface area contributed by atoms with Crippen molar-refractivity contribution in [3.05, 3.63) is 31.3 Å². The van der Waals surface area contributed by atoms with E-state index in [4.69, 9.17) is 5.11 Å². The summed E-state index contributed by atoms with van der Waals surface area (Å²) < 4.78 is 0.0987. The maximum atomic E-state index is 11.8. The molecule has 0 bridgehead atoms. The number of aromatic nitrogens is 4. The molecule has 18 heavy (non-hydrogen) atoms. The van der Waals surface area contributed by atoms with Crippen molar-refractivity contribution in [2.45, 2.75) is 12.6 Å². The number of carbonyl (C=O) groups is 1. The van der Waals surface area contributed by atoms with E-state index in [0.717, 1.165) is 6.92 Å². The molecule has 10 heteroatoms. The number of carboxylic acid groups (broad SMARTS) is 1. The molecule has 0 saturated carbocycles. The monoisotopic (exact) mass is 256 g/mol. The van der Waals surface area contributed by atoms with E-state index in [9.17, 15) is 24.3 Å². The lowest BCUT2D eigenvalue weighted by Crippen LogP contribution is -2.52. The van der Waals surface area contributed by atoms with E-state index in [-0.39, 0.29) is 15.7 Å². The van der Waals surface area contributed by atoms with Gasteiger partial charge in [0.1, 0.15) is 5.65 Å². The minimum atomic E-state index is -2.73. The second-order valence-electron chi connectivity index (χ2n) is 3.73. The molecule has 5 N–H and O–H groups in total. The third kappa shape index (κ3) is 1.47. The van der Waals surface area contributed by atoms with E-state index in [1.165, 1.54) is 0 Å². The highest BCUT2D eigenvalue weighted by Crippen LogP contribution is 2.07. The molecule has 96 valence electrons. The molecule has 0 amide bonds. The van der Waals surface area contributed by atoms with Crippen molar-refractivity contribution in [3.8, 4) is 0 Å². The van der Waals surface area contributed by atoms with Crippen LogP contribution in [0.5, 0.6) is 0 Å². The molecule has 0 aromatic carbocycles. The van der Waals surface area contributed by atoms with Gasteiger partial charge in [0, 0.05) is 0 Å². The van der Waals surface area contributed by atoms with Gasteiger partial charge in [-0.05, 0) is 6.92 Å². The number of rotatable bonds is 2. The lowest BCUT2D eigenvalue weighted by Gasteiger charge is -2.19. The summed E-state index contributed by atoms with van der Waals surface area (Å²) in [4.78, 5) is 51.5. The van der Waals surface area contributed by atoms with Gasteiger partial charge in [-0.3, -0.25) is 19.7 Å². The number of aliphatic carboxylic acids is 1. The zero-order chi connectivity index (χ0) is 13.7. The molecule has 1 unspecified atom stereocenters. The molecule has 10 nitrogen and oxygen atoms in total. The normalized spacial score (nSPS) is 14.6. The van der Waals surface area contributed by atoms with Gasteiger partial charge in [0.15, 0.2) is 5.52 Å².